The van der Waals surface area contributed by atoms with Crippen molar-refractivity contribution in [3.63, 3.8) is 0 Å². The number of aromatic nitrogens is 4. The number of carbonyl (C=O) groups excluding carboxylic acids is 3. The summed E-state index contributed by atoms with van der Waals surface area (Å²) in [7, 11) is 1.26. The molecule has 14 nitrogen and oxygen atoms in total. The van der Waals surface area contributed by atoms with Gasteiger partial charge in [-0.2, -0.15) is 0 Å². The molecule has 1 unspecified atom stereocenters. The van der Waals surface area contributed by atoms with Crippen LogP contribution in [0.5, 0.6) is 0 Å². The third-order valence-corrected chi connectivity index (χ3v) is 8.97. The first-order chi connectivity index (χ1) is 27.8. The number of hydrogen-bond donors (Lipinski definition) is 2. The molecule has 0 saturated heterocycles. The molecule has 0 aliphatic carbocycles. The molecule has 0 spiro atoms. The number of carbonyl (C=O) groups is 3. The van der Waals surface area contributed by atoms with E-state index in [2.05, 4.69) is 25.9 Å². The minimum absolute atomic E-state index is 0.0477. The summed E-state index contributed by atoms with van der Waals surface area (Å²) in [6.45, 7) is 2.12. The Morgan fingerprint density at radius 2 is 1.58 bits per heavy atom. The molecule has 6 rings (SSSR count). The third-order valence-electron chi connectivity index (χ3n) is 8.64. The van der Waals surface area contributed by atoms with E-state index in [1.807, 2.05) is 6.07 Å². The number of nitrogens with one attached hydrogen (secondary N) is 2. The zero-order valence-corrected chi connectivity index (χ0v) is 31.7. The lowest BCUT2D eigenvalue weighted by Gasteiger charge is -2.28. The number of ketones is 1. The number of aliphatic imine (C=N–C) groups is 1. The summed E-state index contributed by atoms with van der Waals surface area (Å²) >= 11 is 6.44. The van der Waals surface area contributed by atoms with Crippen molar-refractivity contribution in [2.45, 2.75) is 19.2 Å². The van der Waals surface area contributed by atoms with Gasteiger partial charge in [0.1, 0.15) is 23.4 Å². The lowest BCUT2D eigenvalue weighted by molar-refractivity contribution is -0.136. The van der Waals surface area contributed by atoms with Gasteiger partial charge in [0.15, 0.2) is 5.78 Å². The molecule has 1 amide bonds. The van der Waals surface area contributed by atoms with E-state index in [1.165, 1.54) is 25.3 Å². The zero-order chi connectivity index (χ0) is 40.0. The normalized spacial score (nSPS) is 13.8. The van der Waals surface area contributed by atoms with Crippen molar-refractivity contribution >= 4 is 35.1 Å². The fraction of sp³-hybridized carbons (Fsp3) is 0.244. The quantitative estimate of drug-likeness (QED) is 0.0663. The maximum Gasteiger partial charge on any atom is 0.338 e. The van der Waals surface area contributed by atoms with Gasteiger partial charge in [-0.3, -0.25) is 19.6 Å². The molecule has 0 bridgehead atoms. The van der Waals surface area contributed by atoms with Gasteiger partial charge in [0.05, 0.1) is 70.8 Å². The predicted molar refractivity (Wildman–Crippen MR) is 207 cm³/mol. The van der Waals surface area contributed by atoms with Gasteiger partial charge in [-0.05, 0) is 36.4 Å². The Balaban J connectivity index is 0.915. The van der Waals surface area contributed by atoms with E-state index in [4.69, 9.17) is 35.5 Å². The highest BCUT2D eigenvalue weighted by molar-refractivity contribution is 6.31. The van der Waals surface area contributed by atoms with Crippen LogP contribution in [0.1, 0.15) is 49.1 Å². The number of benzene rings is 3. The zero-order valence-electron chi connectivity index (χ0n) is 30.9. The van der Waals surface area contributed by atoms with Crippen LogP contribution in [0, 0.1) is 5.82 Å². The molecular weight excluding hydrogens is 757 g/mol. The highest BCUT2D eigenvalue weighted by atomic mass is 35.5. The number of nitrogens with zero attached hydrogens (tertiary/aromatic N) is 5. The van der Waals surface area contributed by atoms with Crippen LogP contribution in [0.3, 0.4) is 0 Å². The summed E-state index contributed by atoms with van der Waals surface area (Å²) in [6, 6.07) is 22.0. The Hall–Kier alpha value is -6.13. The fourth-order valence-corrected chi connectivity index (χ4v) is 6.05. The average Bonchev–Trinajstić information content (AvgIpc) is 3.70. The van der Waals surface area contributed by atoms with Gasteiger partial charge in [-0.15, -0.1) is 5.10 Å². The molecule has 1 atom stereocenters. The van der Waals surface area contributed by atoms with Gasteiger partial charge in [-0.25, -0.2) is 13.9 Å². The van der Waals surface area contributed by atoms with E-state index in [9.17, 15) is 18.8 Å². The van der Waals surface area contributed by atoms with Gasteiger partial charge in [0.25, 0.3) is 5.91 Å². The largest absolute Gasteiger partial charge is 0.466 e. The maximum atomic E-state index is 13.9. The van der Waals surface area contributed by atoms with Crippen LogP contribution in [0.25, 0.3) is 0 Å². The first-order valence-corrected chi connectivity index (χ1v) is 18.3. The molecule has 0 fully saturated rings. The molecule has 0 saturated carbocycles. The number of methoxy groups -OCH3 is 1. The summed E-state index contributed by atoms with van der Waals surface area (Å²) < 4.78 is 37.9. The first kappa shape index (κ1) is 40.5. The minimum atomic E-state index is -0.907. The van der Waals surface area contributed by atoms with E-state index < -0.39 is 17.8 Å². The Kier molecular flexibility index (Phi) is 14.3. The van der Waals surface area contributed by atoms with Gasteiger partial charge in [0, 0.05) is 51.8 Å². The second-order valence-corrected chi connectivity index (χ2v) is 12.9. The molecule has 2 aromatic heterocycles. The highest BCUT2D eigenvalue weighted by Gasteiger charge is 2.33. The smallest absolute Gasteiger partial charge is 0.338 e. The lowest BCUT2D eigenvalue weighted by atomic mass is 9.95. The number of amidine groups is 1. The highest BCUT2D eigenvalue weighted by Crippen LogP contribution is 2.36. The minimum Gasteiger partial charge on any atom is -0.466 e. The number of amides is 1. The molecule has 3 aromatic carbocycles. The van der Waals surface area contributed by atoms with Crippen LogP contribution >= 0.6 is 11.6 Å². The molecule has 16 heteroatoms. The van der Waals surface area contributed by atoms with E-state index >= 15 is 0 Å². The molecule has 1 aliphatic heterocycles. The first-order valence-electron chi connectivity index (χ1n) is 17.9. The SMILES string of the molecule is COC(=O)C1=C(COCc2cn(CCOCCOCCNC(=O)c3ccc(C(=O)c4ccccc4)cc3)nn2)NC(c2ccncc2)=NC1c1ccc(F)cc1Cl. The number of pyridine rings is 1. The van der Waals surface area contributed by atoms with Crippen LogP contribution in [-0.4, -0.2) is 90.2 Å². The van der Waals surface area contributed by atoms with Crippen LogP contribution in [0.4, 0.5) is 4.39 Å². The van der Waals surface area contributed by atoms with E-state index in [-0.39, 0.29) is 35.5 Å². The number of esters is 1. The van der Waals surface area contributed by atoms with Gasteiger partial charge in [0.2, 0.25) is 0 Å². The van der Waals surface area contributed by atoms with Crippen molar-refractivity contribution < 1.29 is 37.7 Å². The third kappa shape index (κ3) is 11.0. The number of halogens is 2. The molecule has 57 heavy (non-hydrogen) atoms. The Morgan fingerprint density at radius 3 is 2.32 bits per heavy atom. The fourth-order valence-electron chi connectivity index (χ4n) is 5.78. The van der Waals surface area contributed by atoms with Crippen LogP contribution in [0.2, 0.25) is 5.02 Å². The second kappa shape index (κ2) is 20.2. The van der Waals surface area contributed by atoms with Crippen molar-refractivity contribution in [1.82, 2.24) is 30.6 Å². The molecule has 1 aliphatic rings. The Labute approximate surface area is 332 Å². The van der Waals surface area contributed by atoms with Crippen molar-refractivity contribution in [3.05, 3.63) is 159 Å². The van der Waals surface area contributed by atoms with E-state index in [1.54, 1.807) is 83.9 Å². The van der Waals surface area contributed by atoms with Crippen molar-refractivity contribution in [3.8, 4) is 0 Å². The van der Waals surface area contributed by atoms with E-state index in [0.29, 0.717) is 84.6 Å². The van der Waals surface area contributed by atoms with Gasteiger partial charge >= 0.3 is 5.97 Å². The summed E-state index contributed by atoms with van der Waals surface area (Å²) in [4.78, 5) is 47.0. The topological polar surface area (TPSA) is 168 Å². The van der Waals surface area contributed by atoms with Crippen molar-refractivity contribution in [1.29, 1.82) is 0 Å². The average molecular weight is 796 g/mol. The molecular formula is C41H39ClFN7O7. The van der Waals surface area contributed by atoms with Crippen molar-refractivity contribution in [2.75, 3.05) is 46.7 Å². The maximum absolute atomic E-state index is 13.9. The summed E-state index contributed by atoms with van der Waals surface area (Å²) in [6.07, 6.45) is 4.96. The van der Waals surface area contributed by atoms with Gasteiger partial charge in [-0.1, -0.05) is 65.3 Å². The number of hydrogen-bond acceptors (Lipinski definition) is 12. The lowest BCUT2D eigenvalue weighted by Crippen LogP contribution is -2.35. The molecule has 0 radical (unpaired) electrons. The van der Waals surface area contributed by atoms with Crippen LogP contribution in [-0.2, 0) is 36.9 Å². The Morgan fingerprint density at radius 1 is 0.860 bits per heavy atom. The van der Waals surface area contributed by atoms with E-state index in [0.717, 1.165) is 0 Å². The van der Waals surface area contributed by atoms with Crippen molar-refractivity contribution in [2.24, 2.45) is 4.99 Å². The molecule has 294 valence electrons. The second-order valence-electron chi connectivity index (χ2n) is 12.5. The predicted octanol–water partition coefficient (Wildman–Crippen LogP) is 4.89. The standard InChI is InChI=1S/C41H39ClFN7O7/c1-54-41(53)36-35(46-39(29-13-15-44-16-14-29)47-37(36)33-12-11-31(43)23-34(33)42)26-57-25-32-24-50(49-48-32)18-20-56-22-21-55-19-17-45-40(52)30-9-7-28(8-10-30)38(51)27-5-3-2-4-6-27/h2-16,23-24,37H,17-22,25-26H2,1H3,(H,45,52)(H,46,47). The molecule has 3 heterocycles. The summed E-state index contributed by atoms with van der Waals surface area (Å²) in [5.74, 6) is -1.09. The summed E-state index contributed by atoms with van der Waals surface area (Å²) in [5.41, 5.74) is 3.78. The number of rotatable bonds is 19. The Bertz CT molecular complexity index is 2220. The molecule has 2 N–H and O–H groups in total. The monoisotopic (exact) mass is 795 g/mol. The molecule has 5 aromatic rings. The summed E-state index contributed by atoms with van der Waals surface area (Å²) in [5, 5.41) is 14.4. The van der Waals surface area contributed by atoms with Crippen LogP contribution < -0.4 is 10.6 Å². The number of ether oxygens (including phenoxy) is 4. The van der Waals surface area contributed by atoms with Gasteiger partial charge < -0.3 is 29.6 Å². The van der Waals surface area contributed by atoms with Crippen LogP contribution in [0.15, 0.2) is 120 Å².